The van der Waals surface area contributed by atoms with Crippen LogP contribution in [0.2, 0.25) is 0 Å². The SMILES string of the molecule is COCCSc1nc(CO)cn1Cc1ccc(F)cc1. The Labute approximate surface area is 121 Å². The summed E-state index contributed by atoms with van der Waals surface area (Å²) in [4.78, 5) is 4.36. The van der Waals surface area contributed by atoms with Crippen LogP contribution < -0.4 is 0 Å². The van der Waals surface area contributed by atoms with Crippen LogP contribution in [0.25, 0.3) is 0 Å². The maximum Gasteiger partial charge on any atom is 0.168 e. The Morgan fingerprint density at radius 3 is 2.75 bits per heavy atom. The minimum absolute atomic E-state index is 0.0890. The van der Waals surface area contributed by atoms with Gasteiger partial charge in [-0.1, -0.05) is 23.9 Å². The van der Waals surface area contributed by atoms with Crippen molar-refractivity contribution in [2.24, 2.45) is 0 Å². The second kappa shape index (κ2) is 7.42. The first-order chi connectivity index (χ1) is 9.72. The number of ether oxygens (including phenoxy) is 1. The van der Waals surface area contributed by atoms with E-state index in [0.717, 1.165) is 16.5 Å². The predicted molar refractivity (Wildman–Crippen MR) is 76.3 cm³/mol. The number of aliphatic hydroxyl groups is 1. The van der Waals surface area contributed by atoms with Crippen LogP contribution in [0.3, 0.4) is 0 Å². The Hall–Kier alpha value is -1.37. The number of halogens is 1. The van der Waals surface area contributed by atoms with Crippen molar-refractivity contribution in [3.63, 3.8) is 0 Å². The van der Waals surface area contributed by atoms with Gasteiger partial charge in [0.1, 0.15) is 5.82 Å². The van der Waals surface area contributed by atoms with E-state index in [4.69, 9.17) is 4.74 Å². The van der Waals surface area contributed by atoms with Crippen LogP contribution in [0.15, 0.2) is 35.6 Å². The summed E-state index contributed by atoms with van der Waals surface area (Å²) in [5.41, 5.74) is 1.62. The Kier molecular flexibility index (Phi) is 5.58. The molecule has 6 heteroatoms. The fourth-order valence-corrected chi connectivity index (χ4v) is 2.66. The number of aromatic nitrogens is 2. The van der Waals surface area contributed by atoms with Crippen LogP contribution in [-0.4, -0.2) is 34.1 Å². The topological polar surface area (TPSA) is 47.3 Å². The van der Waals surface area contributed by atoms with Gasteiger partial charge < -0.3 is 14.4 Å². The fourth-order valence-electron chi connectivity index (χ4n) is 1.76. The third kappa shape index (κ3) is 4.06. The summed E-state index contributed by atoms with van der Waals surface area (Å²) in [6.45, 7) is 1.15. The second-order valence-corrected chi connectivity index (χ2v) is 5.33. The van der Waals surface area contributed by atoms with Crippen LogP contribution in [0.1, 0.15) is 11.3 Å². The molecule has 4 nitrogen and oxygen atoms in total. The monoisotopic (exact) mass is 296 g/mol. The van der Waals surface area contributed by atoms with Gasteiger partial charge in [-0.25, -0.2) is 9.37 Å². The van der Waals surface area contributed by atoms with Crippen molar-refractivity contribution in [3.8, 4) is 0 Å². The highest BCUT2D eigenvalue weighted by Gasteiger charge is 2.08. The number of thioether (sulfide) groups is 1. The van der Waals surface area contributed by atoms with Crippen LogP contribution in [-0.2, 0) is 17.9 Å². The summed E-state index contributed by atoms with van der Waals surface area (Å²) in [6.07, 6.45) is 1.82. The molecule has 108 valence electrons. The Bertz CT molecular complexity index is 543. The first-order valence-corrected chi connectivity index (χ1v) is 7.24. The molecule has 20 heavy (non-hydrogen) atoms. The van der Waals surface area contributed by atoms with E-state index in [1.165, 1.54) is 12.1 Å². The molecule has 0 saturated heterocycles. The van der Waals surface area contributed by atoms with Gasteiger partial charge in [-0.05, 0) is 17.7 Å². The molecule has 0 amide bonds. The highest BCUT2D eigenvalue weighted by molar-refractivity contribution is 7.99. The highest BCUT2D eigenvalue weighted by atomic mass is 32.2. The lowest BCUT2D eigenvalue weighted by molar-refractivity contribution is 0.218. The average molecular weight is 296 g/mol. The van der Waals surface area contributed by atoms with Crippen molar-refractivity contribution in [1.29, 1.82) is 0 Å². The zero-order valence-corrected chi connectivity index (χ0v) is 12.1. The minimum Gasteiger partial charge on any atom is -0.390 e. The van der Waals surface area contributed by atoms with Crippen molar-refractivity contribution in [2.45, 2.75) is 18.3 Å². The summed E-state index contributed by atoms with van der Waals surface area (Å²) in [5, 5.41) is 10.0. The van der Waals surface area contributed by atoms with Crippen molar-refractivity contribution in [2.75, 3.05) is 19.5 Å². The smallest absolute Gasteiger partial charge is 0.168 e. The average Bonchev–Trinajstić information content (AvgIpc) is 2.84. The molecule has 1 N–H and O–H groups in total. The maximum atomic E-state index is 12.9. The molecule has 0 saturated carbocycles. The Morgan fingerprint density at radius 1 is 1.35 bits per heavy atom. The summed E-state index contributed by atoms with van der Waals surface area (Å²) < 4.78 is 19.9. The zero-order chi connectivity index (χ0) is 14.4. The van der Waals surface area contributed by atoms with Gasteiger partial charge in [0.2, 0.25) is 0 Å². The molecule has 0 aliphatic heterocycles. The van der Waals surface area contributed by atoms with Gasteiger partial charge in [0.05, 0.1) is 18.9 Å². The van der Waals surface area contributed by atoms with Gasteiger partial charge in [0.15, 0.2) is 5.16 Å². The maximum absolute atomic E-state index is 12.9. The van der Waals surface area contributed by atoms with Crippen molar-refractivity contribution >= 4 is 11.8 Å². The molecule has 0 spiro atoms. The molecule has 1 aromatic heterocycles. The van der Waals surface area contributed by atoms with Crippen LogP contribution in [0, 0.1) is 5.82 Å². The summed E-state index contributed by atoms with van der Waals surface area (Å²) in [7, 11) is 1.66. The number of hydrogen-bond acceptors (Lipinski definition) is 4. The van der Waals surface area contributed by atoms with E-state index in [1.807, 2.05) is 10.8 Å². The van der Waals surface area contributed by atoms with Gasteiger partial charge in [-0.15, -0.1) is 0 Å². The molecule has 0 aliphatic carbocycles. The second-order valence-electron chi connectivity index (χ2n) is 4.27. The molecule has 0 unspecified atom stereocenters. The molecule has 1 heterocycles. The molecule has 0 radical (unpaired) electrons. The van der Waals surface area contributed by atoms with E-state index in [9.17, 15) is 9.50 Å². The van der Waals surface area contributed by atoms with Crippen molar-refractivity contribution < 1.29 is 14.2 Å². The van der Waals surface area contributed by atoms with E-state index < -0.39 is 0 Å². The van der Waals surface area contributed by atoms with E-state index in [1.54, 1.807) is 31.0 Å². The molecular weight excluding hydrogens is 279 g/mol. The normalized spacial score (nSPS) is 10.9. The van der Waals surface area contributed by atoms with Gasteiger partial charge >= 0.3 is 0 Å². The summed E-state index contributed by atoms with van der Waals surface area (Å²) in [6, 6.07) is 6.38. The quantitative estimate of drug-likeness (QED) is 0.629. The van der Waals surface area contributed by atoms with Crippen molar-refractivity contribution in [1.82, 2.24) is 9.55 Å². The lowest BCUT2D eigenvalue weighted by atomic mass is 10.2. The molecule has 0 bridgehead atoms. The van der Waals surface area contributed by atoms with E-state index in [0.29, 0.717) is 18.8 Å². The fraction of sp³-hybridized carbons (Fsp3) is 0.357. The molecular formula is C14H17FN2O2S. The molecule has 0 fully saturated rings. The van der Waals surface area contributed by atoms with Crippen LogP contribution >= 0.6 is 11.8 Å². The predicted octanol–water partition coefficient (Wildman–Crippen LogP) is 2.30. The number of methoxy groups -OCH3 is 1. The summed E-state index contributed by atoms with van der Waals surface area (Å²) in [5.74, 6) is 0.548. The van der Waals surface area contributed by atoms with E-state index in [2.05, 4.69) is 4.98 Å². The van der Waals surface area contributed by atoms with Crippen LogP contribution in [0.4, 0.5) is 4.39 Å². The summed E-state index contributed by atoms with van der Waals surface area (Å²) >= 11 is 1.57. The van der Waals surface area contributed by atoms with E-state index >= 15 is 0 Å². The standard InChI is InChI=1S/C14H17FN2O2S/c1-19-6-7-20-14-16-13(10-18)9-17(14)8-11-2-4-12(15)5-3-11/h2-5,9,18H,6-8,10H2,1H3. The molecule has 1 aromatic carbocycles. The number of imidazole rings is 1. The number of rotatable bonds is 7. The van der Waals surface area contributed by atoms with Gasteiger partial charge in [0, 0.05) is 25.6 Å². The van der Waals surface area contributed by atoms with Crippen molar-refractivity contribution in [3.05, 3.63) is 47.5 Å². The molecule has 0 aliphatic rings. The lowest BCUT2D eigenvalue weighted by Gasteiger charge is -2.07. The molecule has 2 aromatic rings. The van der Waals surface area contributed by atoms with E-state index in [-0.39, 0.29) is 12.4 Å². The first kappa shape index (κ1) is 15.0. The Balaban J connectivity index is 2.12. The third-order valence-corrected chi connectivity index (χ3v) is 3.69. The zero-order valence-electron chi connectivity index (χ0n) is 11.3. The third-order valence-electron chi connectivity index (χ3n) is 2.74. The van der Waals surface area contributed by atoms with Gasteiger partial charge in [0.25, 0.3) is 0 Å². The van der Waals surface area contributed by atoms with Gasteiger partial charge in [-0.2, -0.15) is 0 Å². The lowest BCUT2D eigenvalue weighted by Crippen LogP contribution is -2.02. The number of hydrogen-bond donors (Lipinski definition) is 1. The molecule has 2 rings (SSSR count). The number of aliphatic hydroxyl groups excluding tert-OH is 1. The van der Waals surface area contributed by atoms with Crippen LogP contribution in [0.5, 0.6) is 0 Å². The number of nitrogens with zero attached hydrogens (tertiary/aromatic N) is 2. The van der Waals surface area contributed by atoms with Gasteiger partial charge in [-0.3, -0.25) is 0 Å². The Morgan fingerprint density at radius 2 is 2.10 bits per heavy atom. The highest BCUT2D eigenvalue weighted by Crippen LogP contribution is 2.19. The first-order valence-electron chi connectivity index (χ1n) is 6.26. The minimum atomic E-state index is -0.245. The molecule has 0 atom stereocenters. The number of benzene rings is 1. The largest absolute Gasteiger partial charge is 0.390 e.